The molecule has 1 heterocycles. The van der Waals surface area contributed by atoms with Gasteiger partial charge in [-0.1, -0.05) is 31.3 Å². The molecule has 1 aliphatic rings. The molecule has 5 heteroatoms. The van der Waals surface area contributed by atoms with Crippen molar-refractivity contribution in [3.8, 4) is 0 Å². The van der Waals surface area contributed by atoms with Gasteiger partial charge in [-0.15, -0.1) is 0 Å². The average Bonchev–Trinajstić information content (AvgIpc) is 2.46. The molecule has 4 nitrogen and oxygen atoms in total. The Hall–Kier alpha value is -1.46. The van der Waals surface area contributed by atoms with Crippen molar-refractivity contribution in [3.63, 3.8) is 0 Å². The van der Waals surface area contributed by atoms with E-state index >= 15 is 0 Å². The van der Waals surface area contributed by atoms with Crippen LogP contribution >= 0.6 is 12.2 Å². The second-order valence-electron chi connectivity index (χ2n) is 5.11. The molecular formula is C15H20N2O2S. The normalized spacial score (nSPS) is 22.6. The van der Waals surface area contributed by atoms with Crippen molar-refractivity contribution < 1.29 is 9.53 Å². The predicted octanol–water partition coefficient (Wildman–Crippen LogP) is 1.96. The number of benzene rings is 1. The second-order valence-corrected chi connectivity index (χ2v) is 5.54. The average molecular weight is 292 g/mol. The molecule has 1 aromatic rings. The number of thiocarbonyl (C=S) groups is 1. The highest BCUT2D eigenvalue weighted by atomic mass is 32.1. The first-order chi connectivity index (χ1) is 9.52. The van der Waals surface area contributed by atoms with Crippen LogP contribution in [0.25, 0.3) is 0 Å². The lowest BCUT2D eigenvalue weighted by atomic mass is 10.1. The number of hydrogen-bond donors (Lipinski definition) is 1. The maximum atomic E-state index is 12.6. The summed E-state index contributed by atoms with van der Waals surface area (Å²) in [4.78, 5) is 14.9. The molecule has 20 heavy (non-hydrogen) atoms. The molecule has 0 aliphatic carbocycles. The summed E-state index contributed by atoms with van der Waals surface area (Å²) in [6.45, 7) is 5.30. The van der Waals surface area contributed by atoms with Crippen LogP contribution in [0.3, 0.4) is 0 Å². The molecule has 0 spiro atoms. The van der Waals surface area contributed by atoms with Crippen molar-refractivity contribution in [3.05, 3.63) is 35.4 Å². The highest BCUT2D eigenvalue weighted by Crippen LogP contribution is 2.18. The maximum Gasteiger partial charge on any atom is 0.254 e. The van der Waals surface area contributed by atoms with Crippen molar-refractivity contribution in [2.24, 2.45) is 5.73 Å². The Labute approximate surface area is 124 Å². The van der Waals surface area contributed by atoms with Crippen LogP contribution in [0, 0.1) is 0 Å². The molecule has 1 aromatic carbocycles. The Kier molecular flexibility index (Phi) is 4.73. The van der Waals surface area contributed by atoms with E-state index in [0.29, 0.717) is 23.7 Å². The third-order valence-corrected chi connectivity index (χ3v) is 3.85. The Balaban J connectivity index is 2.18. The fraction of sp³-hybridized carbons (Fsp3) is 0.467. The summed E-state index contributed by atoms with van der Waals surface area (Å²) < 4.78 is 5.62. The molecular weight excluding hydrogens is 272 g/mol. The Bertz CT molecular complexity index is 501. The number of hydrogen-bond acceptors (Lipinski definition) is 3. The van der Waals surface area contributed by atoms with E-state index < -0.39 is 0 Å². The monoisotopic (exact) mass is 292 g/mol. The number of carbonyl (C=O) groups excluding carboxylic acids is 1. The Morgan fingerprint density at radius 1 is 1.40 bits per heavy atom. The van der Waals surface area contributed by atoms with E-state index in [1.807, 2.05) is 11.8 Å². The molecule has 1 amide bonds. The number of nitrogens with zero attached hydrogens (tertiary/aromatic N) is 1. The van der Waals surface area contributed by atoms with Gasteiger partial charge in [0.25, 0.3) is 5.91 Å². The summed E-state index contributed by atoms with van der Waals surface area (Å²) in [5.41, 5.74) is 7.01. The van der Waals surface area contributed by atoms with E-state index in [9.17, 15) is 4.79 Å². The van der Waals surface area contributed by atoms with Gasteiger partial charge >= 0.3 is 0 Å². The lowest BCUT2D eigenvalue weighted by Crippen LogP contribution is -2.51. The van der Waals surface area contributed by atoms with Crippen molar-refractivity contribution in [1.29, 1.82) is 0 Å². The zero-order valence-electron chi connectivity index (χ0n) is 11.8. The predicted molar refractivity (Wildman–Crippen MR) is 82.9 cm³/mol. The molecule has 0 radical (unpaired) electrons. The van der Waals surface area contributed by atoms with Crippen molar-refractivity contribution in [2.45, 2.75) is 32.4 Å². The largest absolute Gasteiger partial charge is 0.389 e. The zero-order valence-corrected chi connectivity index (χ0v) is 12.7. The summed E-state index contributed by atoms with van der Waals surface area (Å²) in [7, 11) is 0. The van der Waals surface area contributed by atoms with Crippen molar-refractivity contribution >= 4 is 23.1 Å². The molecule has 0 saturated carbocycles. The number of rotatable bonds is 3. The van der Waals surface area contributed by atoms with E-state index in [4.69, 9.17) is 22.7 Å². The highest BCUT2D eigenvalue weighted by Gasteiger charge is 2.29. The van der Waals surface area contributed by atoms with Crippen molar-refractivity contribution in [2.75, 3.05) is 13.2 Å². The summed E-state index contributed by atoms with van der Waals surface area (Å²) in [5.74, 6) is 0.0430. The first kappa shape index (κ1) is 14.9. The lowest BCUT2D eigenvalue weighted by molar-refractivity contribution is -0.0444. The molecule has 1 fully saturated rings. The van der Waals surface area contributed by atoms with Gasteiger partial charge in [-0.05, 0) is 25.5 Å². The molecule has 0 aromatic heterocycles. The van der Waals surface area contributed by atoms with Gasteiger partial charge in [-0.3, -0.25) is 4.79 Å². The van der Waals surface area contributed by atoms with Crippen LogP contribution in [0.1, 0.15) is 36.2 Å². The number of carbonyl (C=O) groups is 1. The smallest absolute Gasteiger partial charge is 0.254 e. The van der Waals surface area contributed by atoms with Crippen LogP contribution < -0.4 is 5.73 Å². The van der Waals surface area contributed by atoms with E-state index in [0.717, 1.165) is 12.0 Å². The van der Waals surface area contributed by atoms with Crippen LogP contribution in [-0.4, -0.2) is 41.1 Å². The van der Waals surface area contributed by atoms with Crippen LogP contribution in [0.5, 0.6) is 0 Å². The minimum absolute atomic E-state index is 0.0430. The molecule has 1 saturated heterocycles. The van der Waals surface area contributed by atoms with Crippen LogP contribution in [0.4, 0.5) is 0 Å². The molecule has 2 rings (SSSR count). The first-order valence-electron chi connectivity index (χ1n) is 6.85. The molecule has 2 atom stereocenters. The molecule has 108 valence electrons. The van der Waals surface area contributed by atoms with Gasteiger partial charge in [0.2, 0.25) is 0 Å². The number of ether oxygens (including phenoxy) is 1. The minimum Gasteiger partial charge on any atom is -0.389 e. The van der Waals surface area contributed by atoms with Gasteiger partial charge in [0.1, 0.15) is 4.99 Å². The Morgan fingerprint density at radius 3 is 2.55 bits per heavy atom. The van der Waals surface area contributed by atoms with Crippen LogP contribution in [0.2, 0.25) is 0 Å². The van der Waals surface area contributed by atoms with E-state index in [1.54, 1.807) is 24.3 Å². The van der Waals surface area contributed by atoms with E-state index in [2.05, 4.69) is 6.92 Å². The fourth-order valence-corrected chi connectivity index (χ4v) is 2.51. The third kappa shape index (κ3) is 3.16. The number of morpholine rings is 1. The van der Waals surface area contributed by atoms with Gasteiger partial charge in [0.15, 0.2) is 0 Å². The molecule has 2 N–H and O–H groups in total. The quantitative estimate of drug-likeness (QED) is 0.865. The standard InChI is InChI=1S/C15H20N2O2S/c1-3-13-9-19-10(2)8-17(13)15(18)12-6-4-11(5-7-12)14(16)20/h4-7,10,13H,3,8-9H2,1-2H3,(H2,16,20). The molecule has 0 bridgehead atoms. The van der Waals surface area contributed by atoms with Gasteiger partial charge in [0.05, 0.1) is 18.8 Å². The summed E-state index contributed by atoms with van der Waals surface area (Å²) >= 11 is 4.91. The lowest BCUT2D eigenvalue weighted by Gasteiger charge is -2.38. The fourth-order valence-electron chi connectivity index (χ4n) is 2.37. The topological polar surface area (TPSA) is 55.6 Å². The summed E-state index contributed by atoms with van der Waals surface area (Å²) in [5, 5.41) is 0. The minimum atomic E-state index is 0.0430. The number of nitrogens with two attached hydrogens (primary N) is 1. The third-order valence-electron chi connectivity index (χ3n) is 3.62. The second kappa shape index (κ2) is 6.33. The molecule has 2 unspecified atom stereocenters. The first-order valence-corrected chi connectivity index (χ1v) is 7.26. The Morgan fingerprint density at radius 2 is 2.00 bits per heavy atom. The van der Waals surface area contributed by atoms with Crippen LogP contribution in [-0.2, 0) is 4.74 Å². The van der Waals surface area contributed by atoms with Crippen molar-refractivity contribution in [1.82, 2.24) is 4.90 Å². The van der Waals surface area contributed by atoms with E-state index in [-0.39, 0.29) is 18.1 Å². The van der Waals surface area contributed by atoms with Gasteiger partial charge < -0.3 is 15.4 Å². The summed E-state index contributed by atoms with van der Waals surface area (Å²) in [6.07, 6.45) is 0.973. The number of amides is 1. The maximum absolute atomic E-state index is 12.6. The molecule has 1 aliphatic heterocycles. The zero-order chi connectivity index (χ0) is 14.7. The van der Waals surface area contributed by atoms with E-state index in [1.165, 1.54) is 0 Å². The SMILES string of the molecule is CCC1COC(C)CN1C(=O)c1ccc(C(N)=S)cc1. The van der Waals surface area contributed by atoms with Gasteiger partial charge in [-0.2, -0.15) is 0 Å². The highest BCUT2D eigenvalue weighted by molar-refractivity contribution is 7.80. The van der Waals surface area contributed by atoms with Crippen LogP contribution in [0.15, 0.2) is 24.3 Å². The van der Waals surface area contributed by atoms with Gasteiger partial charge in [-0.25, -0.2) is 0 Å². The summed E-state index contributed by atoms with van der Waals surface area (Å²) in [6, 6.07) is 7.29. The van der Waals surface area contributed by atoms with Gasteiger partial charge in [0, 0.05) is 17.7 Å².